The number of unbranched alkanes of at least 4 members (excludes halogenated alkanes) is 1. The molecule has 17 heavy (non-hydrogen) atoms. The molecule has 1 aromatic rings. The number of carbonyl (C=O) groups is 1. The molecule has 0 aliphatic rings. The normalized spacial score (nSPS) is 10.4. The van der Waals surface area contributed by atoms with Crippen LogP contribution in [-0.2, 0) is 4.79 Å². The molecule has 0 saturated carbocycles. The maximum Gasteiger partial charge on any atom is 0.224 e. The lowest BCUT2D eigenvalue weighted by atomic mass is 10.2. The van der Waals surface area contributed by atoms with Gasteiger partial charge >= 0.3 is 0 Å². The first-order valence-electron chi connectivity index (χ1n) is 5.05. The number of anilines is 1. The fourth-order valence-electron chi connectivity index (χ4n) is 1.24. The number of halogens is 4. The van der Waals surface area contributed by atoms with E-state index in [0.717, 1.165) is 23.9 Å². The molecular formula is C11H11Br2F2NO. The number of nitrogens with one attached hydrogen (secondary N) is 1. The summed E-state index contributed by atoms with van der Waals surface area (Å²) in [6.45, 7) is 0. The molecule has 0 aliphatic carbocycles. The molecule has 1 aromatic carbocycles. The molecule has 0 unspecified atom stereocenters. The van der Waals surface area contributed by atoms with Gasteiger partial charge in [0.15, 0.2) is 11.6 Å². The van der Waals surface area contributed by atoms with Crippen LogP contribution in [-0.4, -0.2) is 11.2 Å². The van der Waals surface area contributed by atoms with Gasteiger partial charge in [0.2, 0.25) is 5.91 Å². The number of benzene rings is 1. The van der Waals surface area contributed by atoms with Gasteiger partial charge in [-0.05, 0) is 25.0 Å². The van der Waals surface area contributed by atoms with Gasteiger partial charge in [0.1, 0.15) is 5.69 Å². The van der Waals surface area contributed by atoms with Gasteiger partial charge in [-0.2, -0.15) is 0 Å². The van der Waals surface area contributed by atoms with E-state index in [1.54, 1.807) is 0 Å². The molecule has 1 rings (SSSR count). The van der Waals surface area contributed by atoms with Crippen molar-refractivity contribution in [3.05, 3.63) is 28.2 Å². The zero-order chi connectivity index (χ0) is 12.8. The van der Waals surface area contributed by atoms with Crippen LogP contribution in [0.1, 0.15) is 19.3 Å². The fraction of sp³-hybridized carbons (Fsp3) is 0.364. The summed E-state index contributed by atoms with van der Waals surface area (Å²) >= 11 is 6.21. The summed E-state index contributed by atoms with van der Waals surface area (Å²) in [4.78, 5) is 11.4. The minimum absolute atomic E-state index is 0.251. The van der Waals surface area contributed by atoms with Crippen molar-refractivity contribution in [2.24, 2.45) is 0 Å². The van der Waals surface area contributed by atoms with Crippen LogP contribution < -0.4 is 5.32 Å². The minimum Gasteiger partial charge on any atom is -0.321 e. The van der Waals surface area contributed by atoms with E-state index >= 15 is 0 Å². The third kappa shape index (κ3) is 4.71. The zero-order valence-corrected chi connectivity index (χ0v) is 12.1. The largest absolute Gasteiger partial charge is 0.321 e. The Balaban J connectivity index is 2.65. The van der Waals surface area contributed by atoms with Crippen molar-refractivity contribution in [3.63, 3.8) is 0 Å². The van der Waals surface area contributed by atoms with Crippen LogP contribution in [0.3, 0.4) is 0 Å². The van der Waals surface area contributed by atoms with Gasteiger partial charge in [-0.3, -0.25) is 4.79 Å². The highest BCUT2D eigenvalue weighted by molar-refractivity contribution is 9.10. The first-order chi connectivity index (χ1) is 8.04. The quantitative estimate of drug-likeness (QED) is 0.609. The van der Waals surface area contributed by atoms with E-state index in [9.17, 15) is 13.6 Å². The summed E-state index contributed by atoms with van der Waals surface area (Å²) in [6, 6.07) is 2.22. The van der Waals surface area contributed by atoms with Crippen LogP contribution in [0, 0.1) is 11.6 Å². The Bertz CT molecular complexity index is 389. The number of alkyl halides is 1. The van der Waals surface area contributed by atoms with Gasteiger partial charge in [-0.1, -0.05) is 31.9 Å². The third-order valence-corrected chi connectivity index (χ3v) is 3.08. The molecule has 0 radical (unpaired) electrons. The van der Waals surface area contributed by atoms with Crippen molar-refractivity contribution < 1.29 is 13.6 Å². The summed E-state index contributed by atoms with van der Waals surface area (Å²) in [5.74, 6) is -1.96. The highest BCUT2D eigenvalue weighted by atomic mass is 79.9. The maximum absolute atomic E-state index is 13.4. The van der Waals surface area contributed by atoms with Crippen molar-refractivity contribution in [1.82, 2.24) is 0 Å². The fourth-order valence-corrected chi connectivity index (χ4v) is 2.04. The van der Waals surface area contributed by atoms with Gasteiger partial charge < -0.3 is 5.32 Å². The Labute approximate surface area is 115 Å². The van der Waals surface area contributed by atoms with E-state index in [0.29, 0.717) is 10.9 Å². The van der Waals surface area contributed by atoms with Crippen molar-refractivity contribution in [3.8, 4) is 0 Å². The molecular weight excluding hydrogens is 360 g/mol. The molecule has 1 amide bonds. The van der Waals surface area contributed by atoms with E-state index in [-0.39, 0.29) is 12.3 Å². The lowest BCUT2D eigenvalue weighted by molar-refractivity contribution is -0.116. The smallest absolute Gasteiger partial charge is 0.224 e. The maximum atomic E-state index is 13.4. The third-order valence-electron chi connectivity index (χ3n) is 2.06. The number of rotatable bonds is 5. The van der Waals surface area contributed by atoms with E-state index in [1.165, 1.54) is 0 Å². The molecule has 94 valence electrons. The zero-order valence-electron chi connectivity index (χ0n) is 8.90. The lowest BCUT2D eigenvalue weighted by Crippen LogP contribution is -2.13. The standard InChI is InChI=1S/C11H11Br2F2NO/c12-4-2-1-3-10(17)16-11-8(14)5-7(13)6-9(11)15/h5-6H,1-4H2,(H,16,17). The Kier molecular flexibility index (Phi) is 6.05. The average Bonchev–Trinajstić information content (AvgIpc) is 2.24. The molecule has 0 saturated heterocycles. The second kappa shape index (κ2) is 7.06. The summed E-state index contributed by atoms with van der Waals surface area (Å²) in [7, 11) is 0. The van der Waals surface area contributed by atoms with Crippen LogP contribution in [0.25, 0.3) is 0 Å². The lowest BCUT2D eigenvalue weighted by Gasteiger charge is -2.07. The summed E-state index contributed by atoms with van der Waals surface area (Å²) in [6.07, 6.45) is 1.77. The number of amides is 1. The van der Waals surface area contributed by atoms with Gasteiger partial charge in [0, 0.05) is 16.2 Å². The van der Waals surface area contributed by atoms with Crippen molar-refractivity contribution in [1.29, 1.82) is 0 Å². The molecule has 2 nitrogen and oxygen atoms in total. The van der Waals surface area contributed by atoms with Crippen molar-refractivity contribution in [2.75, 3.05) is 10.6 Å². The first-order valence-corrected chi connectivity index (χ1v) is 6.96. The van der Waals surface area contributed by atoms with E-state index in [1.807, 2.05) is 0 Å². The highest BCUT2D eigenvalue weighted by Crippen LogP contribution is 2.23. The minimum atomic E-state index is -0.786. The Morgan fingerprint density at radius 1 is 1.24 bits per heavy atom. The first kappa shape index (κ1) is 14.6. The van der Waals surface area contributed by atoms with Crippen LogP contribution in [0.2, 0.25) is 0 Å². The van der Waals surface area contributed by atoms with Crippen LogP contribution in [0.5, 0.6) is 0 Å². The topological polar surface area (TPSA) is 29.1 Å². The van der Waals surface area contributed by atoms with Gasteiger partial charge in [-0.15, -0.1) is 0 Å². The van der Waals surface area contributed by atoms with Gasteiger partial charge in [-0.25, -0.2) is 8.78 Å². The Hall–Kier alpha value is -0.490. The molecule has 0 aliphatic heterocycles. The van der Waals surface area contributed by atoms with Gasteiger partial charge in [0.05, 0.1) is 0 Å². The van der Waals surface area contributed by atoms with E-state index in [2.05, 4.69) is 37.2 Å². The molecule has 0 atom stereocenters. The number of carbonyl (C=O) groups excluding carboxylic acids is 1. The number of hydrogen-bond acceptors (Lipinski definition) is 1. The van der Waals surface area contributed by atoms with Crippen LogP contribution >= 0.6 is 31.9 Å². The molecule has 0 heterocycles. The number of hydrogen-bond donors (Lipinski definition) is 1. The predicted octanol–water partition coefficient (Wildman–Crippen LogP) is 4.23. The second-order valence-corrected chi connectivity index (χ2v) is 5.15. The molecule has 0 bridgehead atoms. The van der Waals surface area contributed by atoms with Crippen LogP contribution in [0.4, 0.5) is 14.5 Å². The second-order valence-electron chi connectivity index (χ2n) is 3.44. The summed E-state index contributed by atoms with van der Waals surface area (Å²) < 4.78 is 27.0. The highest BCUT2D eigenvalue weighted by Gasteiger charge is 2.13. The van der Waals surface area contributed by atoms with Crippen molar-refractivity contribution in [2.45, 2.75) is 19.3 Å². The van der Waals surface area contributed by atoms with Crippen molar-refractivity contribution >= 4 is 43.5 Å². The molecule has 0 aromatic heterocycles. The van der Waals surface area contributed by atoms with E-state index in [4.69, 9.17) is 0 Å². The molecule has 0 spiro atoms. The monoisotopic (exact) mass is 369 g/mol. The molecule has 6 heteroatoms. The van der Waals surface area contributed by atoms with E-state index < -0.39 is 17.3 Å². The van der Waals surface area contributed by atoms with Crippen LogP contribution in [0.15, 0.2) is 16.6 Å². The SMILES string of the molecule is O=C(CCCCBr)Nc1c(F)cc(Br)cc1F. The average molecular weight is 371 g/mol. The predicted molar refractivity (Wildman–Crippen MR) is 70.3 cm³/mol. The summed E-state index contributed by atoms with van der Waals surface area (Å²) in [5.41, 5.74) is -0.392. The Morgan fingerprint density at radius 2 is 1.82 bits per heavy atom. The molecule has 1 N–H and O–H groups in total. The van der Waals surface area contributed by atoms with Gasteiger partial charge in [0.25, 0.3) is 0 Å². The Morgan fingerprint density at radius 3 is 2.35 bits per heavy atom. The molecule has 0 fully saturated rings. The summed E-state index contributed by atoms with van der Waals surface area (Å²) in [5, 5.41) is 3.05.